The molecule has 0 radical (unpaired) electrons. The summed E-state index contributed by atoms with van der Waals surface area (Å²) in [4.78, 5) is 20.0. The van der Waals surface area contributed by atoms with E-state index in [9.17, 15) is 4.79 Å². The lowest BCUT2D eigenvalue weighted by atomic mass is 10.2. The van der Waals surface area contributed by atoms with Gasteiger partial charge < -0.3 is 11.5 Å². The average molecular weight is 406 g/mol. The molecule has 0 saturated heterocycles. The van der Waals surface area contributed by atoms with E-state index in [4.69, 9.17) is 11.5 Å². The molecule has 3 aromatic rings. The van der Waals surface area contributed by atoms with E-state index >= 15 is 0 Å². The van der Waals surface area contributed by atoms with Crippen LogP contribution < -0.4 is 16.8 Å². The normalized spacial score (nSPS) is 10.6. The van der Waals surface area contributed by atoms with Gasteiger partial charge in [0, 0.05) is 11.8 Å². The maximum absolute atomic E-state index is 12.0. The van der Waals surface area contributed by atoms with Crippen molar-refractivity contribution in [2.45, 2.75) is 15.2 Å². The van der Waals surface area contributed by atoms with Crippen molar-refractivity contribution in [3.05, 3.63) is 42.0 Å². The summed E-state index contributed by atoms with van der Waals surface area (Å²) in [5.41, 5.74) is 12.4. The van der Waals surface area contributed by atoms with Crippen molar-refractivity contribution in [1.29, 1.82) is 0 Å². The Morgan fingerprint density at radius 3 is 2.54 bits per heavy atom. The third kappa shape index (κ3) is 5.58. The predicted molar refractivity (Wildman–Crippen MR) is 106 cm³/mol. The van der Waals surface area contributed by atoms with Gasteiger partial charge in [-0.25, -0.2) is 9.97 Å². The van der Waals surface area contributed by atoms with E-state index in [1.807, 2.05) is 18.2 Å². The Bertz CT molecular complexity index is 868. The first-order valence-corrected chi connectivity index (χ1v) is 10.2. The van der Waals surface area contributed by atoms with Crippen LogP contribution in [0.4, 0.5) is 16.8 Å². The molecule has 0 aliphatic rings. The third-order valence-corrected chi connectivity index (χ3v) is 5.83. The average Bonchev–Trinajstić information content (AvgIpc) is 3.06. The van der Waals surface area contributed by atoms with Gasteiger partial charge in [-0.05, 0) is 5.56 Å². The number of amides is 1. The Morgan fingerprint density at radius 1 is 1.08 bits per heavy atom. The number of aromatic nitrogens is 4. The summed E-state index contributed by atoms with van der Waals surface area (Å²) in [6.07, 6.45) is 0. The standard InChI is InChI=1S/C15H15N7OS3/c16-10-6-11(17)19-13(18-10)24-8-12(23)20-14-21-22-15(26-14)25-7-9-4-2-1-3-5-9/h1-6H,7-8H2,(H,20,21,23)(H4,16,17,18,19). The number of carbonyl (C=O) groups excluding carboxylic acids is 1. The van der Waals surface area contributed by atoms with Crippen molar-refractivity contribution in [3.8, 4) is 0 Å². The van der Waals surface area contributed by atoms with Crippen LogP contribution in [0.3, 0.4) is 0 Å². The highest BCUT2D eigenvalue weighted by Gasteiger charge is 2.11. The van der Waals surface area contributed by atoms with Crippen LogP contribution in [0.2, 0.25) is 0 Å². The van der Waals surface area contributed by atoms with Crippen LogP contribution in [-0.4, -0.2) is 31.8 Å². The van der Waals surface area contributed by atoms with Gasteiger partial charge in [0.2, 0.25) is 11.0 Å². The Hall–Kier alpha value is -2.37. The molecule has 2 heterocycles. The number of carbonyl (C=O) groups is 1. The number of anilines is 3. The van der Waals surface area contributed by atoms with E-state index in [0.717, 1.165) is 21.9 Å². The zero-order valence-corrected chi connectivity index (χ0v) is 15.9. The largest absolute Gasteiger partial charge is 0.383 e. The number of nitrogens with zero attached hydrogens (tertiary/aromatic N) is 4. The first-order valence-electron chi connectivity index (χ1n) is 7.41. The van der Waals surface area contributed by atoms with E-state index < -0.39 is 0 Å². The van der Waals surface area contributed by atoms with Gasteiger partial charge in [-0.15, -0.1) is 10.2 Å². The fraction of sp³-hybridized carbons (Fsp3) is 0.133. The Morgan fingerprint density at radius 2 is 1.81 bits per heavy atom. The monoisotopic (exact) mass is 405 g/mol. The SMILES string of the molecule is Nc1cc(N)nc(SCC(=O)Nc2nnc(SCc3ccccc3)s2)n1. The van der Waals surface area contributed by atoms with Crippen LogP contribution in [-0.2, 0) is 10.5 Å². The second-order valence-corrected chi connectivity index (χ2v) is 8.13. The molecule has 0 unspecified atom stereocenters. The van der Waals surface area contributed by atoms with Gasteiger partial charge in [0.25, 0.3) is 0 Å². The highest BCUT2D eigenvalue weighted by atomic mass is 32.2. The van der Waals surface area contributed by atoms with Crippen LogP contribution in [0.25, 0.3) is 0 Å². The molecule has 5 N–H and O–H groups in total. The number of hydrogen-bond donors (Lipinski definition) is 3. The first-order chi connectivity index (χ1) is 12.6. The molecule has 0 fully saturated rings. The molecule has 0 aliphatic heterocycles. The van der Waals surface area contributed by atoms with Crippen molar-refractivity contribution in [2.75, 3.05) is 22.5 Å². The quantitative estimate of drug-likeness (QED) is 0.308. The molecule has 0 bridgehead atoms. The minimum absolute atomic E-state index is 0.120. The van der Waals surface area contributed by atoms with Crippen molar-refractivity contribution < 1.29 is 4.79 Å². The maximum atomic E-state index is 12.0. The topological polar surface area (TPSA) is 133 Å². The highest BCUT2D eigenvalue weighted by Crippen LogP contribution is 2.28. The van der Waals surface area contributed by atoms with Crippen molar-refractivity contribution >= 4 is 57.5 Å². The third-order valence-electron chi connectivity index (χ3n) is 2.94. The van der Waals surface area contributed by atoms with Gasteiger partial charge >= 0.3 is 0 Å². The number of thioether (sulfide) groups is 2. The molecule has 0 spiro atoms. The van der Waals surface area contributed by atoms with Gasteiger partial charge in [-0.3, -0.25) is 10.1 Å². The van der Waals surface area contributed by atoms with Crippen molar-refractivity contribution in [1.82, 2.24) is 20.2 Å². The van der Waals surface area contributed by atoms with E-state index in [0.29, 0.717) is 10.3 Å². The summed E-state index contributed by atoms with van der Waals surface area (Å²) < 4.78 is 0.795. The minimum Gasteiger partial charge on any atom is -0.383 e. The van der Waals surface area contributed by atoms with Gasteiger partial charge in [-0.1, -0.05) is 65.2 Å². The number of nitrogen functional groups attached to an aromatic ring is 2. The fourth-order valence-electron chi connectivity index (χ4n) is 1.85. The predicted octanol–water partition coefficient (Wildman–Crippen LogP) is 2.52. The molecular weight excluding hydrogens is 390 g/mol. The molecule has 3 rings (SSSR count). The minimum atomic E-state index is -0.227. The lowest BCUT2D eigenvalue weighted by Gasteiger charge is -2.02. The highest BCUT2D eigenvalue weighted by molar-refractivity contribution is 8.00. The molecule has 1 amide bonds. The van der Waals surface area contributed by atoms with Gasteiger partial charge in [0.1, 0.15) is 11.6 Å². The second kappa shape index (κ2) is 8.83. The summed E-state index contributed by atoms with van der Waals surface area (Å²) in [5.74, 6) is 1.23. The van der Waals surface area contributed by atoms with Gasteiger partial charge in [0.15, 0.2) is 9.50 Å². The summed E-state index contributed by atoms with van der Waals surface area (Å²) in [6, 6.07) is 11.5. The van der Waals surface area contributed by atoms with Gasteiger partial charge in [-0.2, -0.15) is 0 Å². The fourth-order valence-corrected chi connectivity index (χ4v) is 4.25. The Balaban J connectivity index is 1.48. The summed E-state index contributed by atoms with van der Waals surface area (Å²) in [6.45, 7) is 0. The summed E-state index contributed by atoms with van der Waals surface area (Å²) in [7, 11) is 0. The molecule has 2 aromatic heterocycles. The first kappa shape index (κ1) is 18.4. The molecule has 26 heavy (non-hydrogen) atoms. The van der Waals surface area contributed by atoms with Crippen molar-refractivity contribution in [3.63, 3.8) is 0 Å². The molecule has 0 saturated carbocycles. The van der Waals surface area contributed by atoms with E-state index in [1.54, 1.807) is 11.8 Å². The molecule has 134 valence electrons. The summed E-state index contributed by atoms with van der Waals surface area (Å²) >= 11 is 4.06. The van der Waals surface area contributed by atoms with Crippen LogP contribution in [0.15, 0.2) is 45.9 Å². The van der Waals surface area contributed by atoms with E-state index in [-0.39, 0.29) is 23.3 Å². The number of hydrogen-bond acceptors (Lipinski definition) is 10. The summed E-state index contributed by atoms with van der Waals surface area (Å²) in [5, 5.41) is 11.6. The van der Waals surface area contributed by atoms with Crippen LogP contribution in [0.5, 0.6) is 0 Å². The number of benzene rings is 1. The Kier molecular flexibility index (Phi) is 6.26. The molecule has 0 aliphatic carbocycles. The molecule has 11 heteroatoms. The van der Waals surface area contributed by atoms with Crippen LogP contribution in [0, 0.1) is 0 Å². The lowest BCUT2D eigenvalue weighted by molar-refractivity contribution is -0.113. The van der Waals surface area contributed by atoms with E-state index in [1.165, 1.54) is 23.0 Å². The van der Waals surface area contributed by atoms with E-state index in [2.05, 4.69) is 37.6 Å². The smallest absolute Gasteiger partial charge is 0.236 e. The lowest BCUT2D eigenvalue weighted by Crippen LogP contribution is -2.14. The molecular formula is C15H15N7OS3. The van der Waals surface area contributed by atoms with Crippen LogP contribution >= 0.6 is 34.9 Å². The zero-order chi connectivity index (χ0) is 18.4. The molecule has 0 atom stereocenters. The second-order valence-electron chi connectivity index (χ2n) is 4.98. The maximum Gasteiger partial charge on any atom is 0.236 e. The number of nitrogens with one attached hydrogen (secondary N) is 1. The Labute approximate surface area is 162 Å². The zero-order valence-electron chi connectivity index (χ0n) is 13.5. The number of rotatable bonds is 7. The molecule has 1 aromatic carbocycles. The molecule has 8 nitrogen and oxygen atoms in total. The van der Waals surface area contributed by atoms with Crippen molar-refractivity contribution in [2.24, 2.45) is 0 Å². The van der Waals surface area contributed by atoms with Gasteiger partial charge in [0.05, 0.1) is 5.75 Å². The number of nitrogens with two attached hydrogens (primary N) is 2. The van der Waals surface area contributed by atoms with Crippen LogP contribution in [0.1, 0.15) is 5.56 Å².